The average molecular weight is 724 g/mol. The van der Waals surface area contributed by atoms with Crippen molar-refractivity contribution in [2.45, 2.75) is 0 Å². The van der Waals surface area contributed by atoms with Crippen LogP contribution in [-0.2, 0) is 0 Å². The lowest BCUT2D eigenvalue weighted by molar-refractivity contribution is 1.29. The van der Waals surface area contributed by atoms with Crippen molar-refractivity contribution in [1.82, 2.24) is 0 Å². The fourth-order valence-corrected chi connectivity index (χ4v) is 8.90. The minimum absolute atomic E-state index is 1.12. The lowest BCUT2D eigenvalue weighted by Crippen LogP contribution is -2.09. The number of hydrogen-bond acceptors (Lipinski definition) is 1. The van der Waals surface area contributed by atoms with E-state index in [1.807, 2.05) is 0 Å². The van der Waals surface area contributed by atoms with Gasteiger partial charge in [-0.05, 0) is 142 Å². The predicted molar refractivity (Wildman–Crippen MR) is 245 cm³/mol. The van der Waals surface area contributed by atoms with Gasteiger partial charge >= 0.3 is 0 Å². The highest BCUT2D eigenvalue weighted by molar-refractivity contribution is 6.26. The average Bonchev–Trinajstić information content (AvgIpc) is 3.29. The molecule has 11 aromatic carbocycles. The van der Waals surface area contributed by atoms with Crippen molar-refractivity contribution < 1.29 is 0 Å². The smallest absolute Gasteiger partial charge is 0.0468 e. The van der Waals surface area contributed by atoms with E-state index in [1.165, 1.54) is 87.2 Å². The summed E-state index contributed by atoms with van der Waals surface area (Å²) in [6.07, 6.45) is 0. The first-order valence-electron chi connectivity index (χ1n) is 19.7. The first kappa shape index (κ1) is 32.9. The van der Waals surface area contributed by atoms with Gasteiger partial charge in [0.15, 0.2) is 0 Å². The third-order valence-electron chi connectivity index (χ3n) is 11.6. The standard InChI is InChI=1S/C56H37N/c1-3-14-38(15-4-1)39-28-31-46(32-29-39)57(45-18-5-2-6-19-45)47-33-30-41-34-43(27-26-42(41)35-47)54-36-44-37-55(49-25-13-17-40-16-7-8-20-48(40)49)51-22-10-12-24-53(51)56(44)52-23-11-9-21-50(52)54/h1-37H. The van der Waals surface area contributed by atoms with Crippen LogP contribution in [0.2, 0.25) is 0 Å². The number of nitrogens with zero attached hydrogens (tertiary/aromatic N) is 1. The van der Waals surface area contributed by atoms with Crippen molar-refractivity contribution >= 4 is 70.9 Å². The molecular formula is C56H37N. The molecule has 0 aliphatic carbocycles. The van der Waals surface area contributed by atoms with Crippen molar-refractivity contribution in [3.05, 3.63) is 224 Å². The molecule has 0 unspecified atom stereocenters. The van der Waals surface area contributed by atoms with Crippen molar-refractivity contribution in [3.63, 3.8) is 0 Å². The predicted octanol–water partition coefficient (Wildman–Crippen LogP) is 15.9. The largest absolute Gasteiger partial charge is 0.310 e. The molecule has 11 rings (SSSR count). The molecule has 0 saturated heterocycles. The van der Waals surface area contributed by atoms with E-state index in [4.69, 9.17) is 0 Å². The zero-order valence-electron chi connectivity index (χ0n) is 31.3. The molecule has 0 atom stereocenters. The number of hydrogen-bond donors (Lipinski definition) is 0. The minimum Gasteiger partial charge on any atom is -0.310 e. The summed E-state index contributed by atoms with van der Waals surface area (Å²) in [7, 11) is 0. The Morgan fingerprint density at radius 1 is 0.228 bits per heavy atom. The number of para-hydroxylation sites is 1. The molecule has 0 amide bonds. The van der Waals surface area contributed by atoms with Crippen molar-refractivity contribution in [2.75, 3.05) is 4.90 Å². The number of benzene rings is 11. The van der Waals surface area contributed by atoms with E-state index in [2.05, 4.69) is 229 Å². The van der Waals surface area contributed by atoms with E-state index in [9.17, 15) is 0 Å². The Labute approximate surface area is 332 Å². The van der Waals surface area contributed by atoms with Crippen LogP contribution >= 0.6 is 0 Å². The van der Waals surface area contributed by atoms with Crippen LogP contribution in [0.3, 0.4) is 0 Å². The Bertz CT molecular complexity index is 3270. The second kappa shape index (κ2) is 13.7. The lowest BCUT2D eigenvalue weighted by atomic mass is 9.86. The fourth-order valence-electron chi connectivity index (χ4n) is 8.90. The van der Waals surface area contributed by atoms with Crippen LogP contribution in [0, 0.1) is 0 Å². The zero-order chi connectivity index (χ0) is 37.7. The summed E-state index contributed by atoms with van der Waals surface area (Å²) < 4.78 is 0. The monoisotopic (exact) mass is 723 g/mol. The third kappa shape index (κ3) is 5.72. The van der Waals surface area contributed by atoms with Gasteiger partial charge < -0.3 is 4.90 Å². The van der Waals surface area contributed by atoms with E-state index < -0.39 is 0 Å². The molecule has 0 spiro atoms. The Balaban J connectivity index is 1.05. The molecule has 0 aliphatic heterocycles. The number of rotatable bonds is 6. The van der Waals surface area contributed by atoms with Gasteiger partial charge in [-0.3, -0.25) is 0 Å². The van der Waals surface area contributed by atoms with Crippen molar-refractivity contribution in [1.29, 1.82) is 0 Å². The molecule has 0 aliphatic rings. The van der Waals surface area contributed by atoms with E-state index in [0.29, 0.717) is 0 Å². The van der Waals surface area contributed by atoms with Crippen LogP contribution in [0.4, 0.5) is 17.1 Å². The van der Waals surface area contributed by atoms with Gasteiger partial charge in [-0.2, -0.15) is 0 Å². The molecule has 57 heavy (non-hydrogen) atoms. The minimum atomic E-state index is 1.12. The van der Waals surface area contributed by atoms with E-state index >= 15 is 0 Å². The Hall–Kier alpha value is -7.48. The SMILES string of the molecule is c1ccc(-c2ccc(N(c3ccccc3)c3ccc4cc(-c5cc6cc(-c7cccc8ccccc78)c7ccccc7c6c6ccccc56)ccc4c3)cc2)cc1. The van der Waals surface area contributed by atoms with Gasteiger partial charge in [-0.25, -0.2) is 0 Å². The maximum absolute atomic E-state index is 2.42. The Morgan fingerprint density at radius 2 is 0.737 bits per heavy atom. The van der Waals surface area contributed by atoms with Crippen LogP contribution in [0.25, 0.3) is 87.2 Å². The summed E-state index contributed by atoms with van der Waals surface area (Å²) in [6, 6.07) is 82.0. The molecule has 0 aromatic heterocycles. The van der Waals surface area contributed by atoms with Gasteiger partial charge in [0.1, 0.15) is 0 Å². The maximum atomic E-state index is 2.42. The highest BCUT2D eigenvalue weighted by atomic mass is 15.1. The van der Waals surface area contributed by atoms with Gasteiger partial charge in [-0.1, -0.05) is 170 Å². The van der Waals surface area contributed by atoms with Crippen LogP contribution in [0.5, 0.6) is 0 Å². The van der Waals surface area contributed by atoms with E-state index in [0.717, 1.165) is 17.1 Å². The zero-order valence-corrected chi connectivity index (χ0v) is 31.3. The van der Waals surface area contributed by atoms with E-state index in [1.54, 1.807) is 0 Å². The summed E-state index contributed by atoms with van der Waals surface area (Å²) in [5.41, 5.74) is 10.8. The van der Waals surface area contributed by atoms with Crippen LogP contribution in [0.15, 0.2) is 224 Å². The molecule has 0 bridgehead atoms. The molecule has 0 heterocycles. The molecule has 266 valence electrons. The summed E-state index contributed by atoms with van der Waals surface area (Å²) in [4.78, 5) is 2.34. The molecule has 1 heteroatoms. The second-order valence-electron chi connectivity index (χ2n) is 14.9. The molecule has 0 radical (unpaired) electrons. The molecule has 0 fully saturated rings. The Morgan fingerprint density at radius 3 is 1.49 bits per heavy atom. The van der Waals surface area contributed by atoms with Crippen LogP contribution < -0.4 is 4.90 Å². The fraction of sp³-hybridized carbons (Fsp3) is 0. The maximum Gasteiger partial charge on any atom is 0.0468 e. The van der Waals surface area contributed by atoms with Crippen molar-refractivity contribution in [3.8, 4) is 33.4 Å². The molecule has 1 nitrogen and oxygen atoms in total. The number of anilines is 3. The Kier molecular flexibility index (Phi) is 7.89. The highest BCUT2D eigenvalue weighted by Crippen LogP contribution is 2.44. The summed E-state index contributed by atoms with van der Waals surface area (Å²) in [5, 5.41) is 12.6. The second-order valence-corrected chi connectivity index (χ2v) is 14.9. The first-order valence-corrected chi connectivity index (χ1v) is 19.7. The van der Waals surface area contributed by atoms with Gasteiger partial charge in [0.05, 0.1) is 0 Å². The van der Waals surface area contributed by atoms with Gasteiger partial charge in [0.25, 0.3) is 0 Å². The first-order chi connectivity index (χ1) is 28.3. The molecule has 0 saturated carbocycles. The van der Waals surface area contributed by atoms with E-state index in [-0.39, 0.29) is 0 Å². The summed E-state index contributed by atoms with van der Waals surface area (Å²) in [5.74, 6) is 0. The van der Waals surface area contributed by atoms with Crippen LogP contribution in [-0.4, -0.2) is 0 Å². The number of fused-ring (bicyclic) bond motifs is 7. The highest BCUT2D eigenvalue weighted by Gasteiger charge is 2.17. The normalized spacial score (nSPS) is 11.5. The molecule has 11 aromatic rings. The van der Waals surface area contributed by atoms with Gasteiger partial charge in [0, 0.05) is 17.1 Å². The molecular weight excluding hydrogens is 687 g/mol. The van der Waals surface area contributed by atoms with Gasteiger partial charge in [-0.15, -0.1) is 0 Å². The summed E-state index contributed by atoms with van der Waals surface area (Å²) >= 11 is 0. The third-order valence-corrected chi connectivity index (χ3v) is 11.6. The summed E-state index contributed by atoms with van der Waals surface area (Å²) in [6.45, 7) is 0. The van der Waals surface area contributed by atoms with Crippen molar-refractivity contribution in [2.24, 2.45) is 0 Å². The lowest BCUT2D eigenvalue weighted by Gasteiger charge is -2.26. The van der Waals surface area contributed by atoms with Crippen LogP contribution in [0.1, 0.15) is 0 Å². The van der Waals surface area contributed by atoms with Gasteiger partial charge in [0.2, 0.25) is 0 Å². The molecule has 0 N–H and O–H groups in total. The quantitative estimate of drug-likeness (QED) is 0.154. The topological polar surface area (TPSA) is 3.24 Å².